The number of amides is 2. The highest BCUT2D eigenvalue weighted by Crippen LogP contribution is 2.49. The topological polar surface area (TPSA) is 130 Å². The van der Waals surface area contributed by atoms with E-state index in [1.165, 1.54) is 42.7 Å². The van der Waals surface area contributed by atoms with Gasteiger partial charge in [0.05, 0.1) is 12.1 Å². The Hall–Kier alpha value is -5.04. The zero-order chi connectivity index (χ0) is 30.0. The van der Waals surface area contributed by atoms with Gasteiger partial charge in [-0.25, -0.2) is 18.7 Å². The lowest BCUT2D eigenvalue weighted by molar-refractivity contribution is -0.131. The van der Waals surface area contributed by atoms with Crippen molar-refractivity contribution in [2.75, 3.05) is 44.2 Å². The zero-order valence-electron chi connectivity index (χ0n) is 22.9. The largest absolute Gasteiger partial charge is 0.487 e. The summed E-state index contributed by atoms with van der Waals surface area (Å²) in [7, 11) is 1.56. The Morgan fingerprint density at radius 1 is 0.884 bits per heavy atom. The van der Waals surface area contributed by atoms with Crippen molar-refractivity contribution in [1.82, 2.24) is 9.97 Å². The Kier molecular flexibility index (Phi) is 7.63. The molecule has 1 fully saturated rings. The molecule has 1 saturated carbocycles. The quantitative estimate of drug-likeness (QED) is 0.196. The maximum Gasteiger partial charge on any atom is 0.240 e. The number of methoxy groups -OCH3 is 1. The molecule has 4 aromatic rings. The lowest BCUT2D eigenvalue weighted by Gasteiger charge is -2.23. The fourth-order valence-corrected chi connectivity index (χ4v) is 4.58. The summed E-state index contributed by atoms with van der Waals surface area (Å²) in [6, 6.07) is 10.7. The van der Waals surface area contributed by atoms with E-state index in [2.05, 4.69) is 20.6 Å². The van der Waals surface area contributed by atoms with E-state index >= 15 is 4.39 Å². The predicted octanol–water partition coefficient (Wildman–Crippen LogP) is 4.85. The second-order valence-corrected chi connectivity index (χ2v) is 9.89. The number of hydrogen-bond donors (Lipinski definition) is 2. The van der Waals surface area contributed by atoms with E-state index in [9.17, 15) is 14.0 Å². The predicted molar refractivity (Wildman–Crippen MR) is 150 cm³/mol. The van der Waals surface area contributed by atoms with Crippen LogP contribution in [0.1, 0.15) is 12.8 Å². The summed E-state index contributed by atoms with van der Waals surface area (Å²) in [5.74, 6) is -1.39. The van der Waals surface area contributed by atoms with Gasteiger partial charge in [-0.1, -0.05) is 0 Å². The number of carbonyl (C=O) groups excluding carboxylic acids is 2. The van der Waals surface area contributed by atoms with E-state index in [-0.39, 0.29) is 30.5 Å². The number of anilines is 2. The van der Waals surface area contributed by atoms with Crippen LogP contribution in [0.25, 0.3) is 10.9 Å². The number of fused-ring (bicyclic) bond motifs is 3. The Morgan fingerprint density at radius 2 is 1.58 bits per heavy atom. The third-order valence-corrected chi connectivity index (χ3v) is 7.01. The summed E-state index contributed by atoms with van der Waals surface area (Å²) in [4.78, 5) is 34.3. The van der Waals surface area contributed by atoms with E-state index in [0.29, 0.717) is 59.9 Å². The average molecular weight is 593 g/mol. The molecule has 2 amide bonds. The number of nitrogens with one attached hydrogen (secondary N) is 2. The maximum absolute atomic E-state index is 15.2. The Labute approximate surface area is 244 Å². The third kappa shape index (κ3) is 5.71. The van der Waals surface area contributed by atoms with Crippen LogP contribution in [0, 0.1) is 17.0 Å². The SMILES string of the molecule is COCCOc1cc2ncnc(Oc3ccc(NC(=O)C4(C(=O)Nc5ccc(F)cc5)CC4)cc3F)c2c2c1OCCO2. The molecular formula is C30H26F2N4O7. The summed E-state index contributed by atoms with van der Waals surface area (Å²) >= 11 is 0. The molecule has 1 aliphatic carbocycles. The van der Waals surface area contributed by atoms with Gasteiger partial charge in [0.1, 0.15) is 42.8 Å². The van der Waals surface area contributed by atoms with Gasteiger partial charge in [-0.3, -0.25) is 9.59 Å². The van der Waals surface area contributed by atoms with Crippen molar-refractivity contribution in [3.63, 3.8) is 0 Å². The lowest BCUT2D eigenvalue weighted by Crippen LogP contribution is -2.35. The minimum Gasteiger partial charge on any atom is -0.487 e. The minimum atomic E-state index is -1.30. The van der Waals surface area contributed by atoms with Crippen LogP contribution in [0.15, 0.2) is 54.9 Å². The fourth-order valence-electron chi connectivity index (χ4n) is 4.58. The molecule has 1 aliphatic heterocycles. The van der Waals surface area contributed by atoms with E-state index in [4.69, 9.17) is 23.7 Å². The number of hydrogen-bond acceptors (Lipinski definition) is 9. The van der Waals surface area contributed by atoms with Gasteiger partial charge in [-0.2, -0.15) is 0 Å². The smallest absolute Gasteiger partial charge is 0.240 e. The number of ether oxygens (including phenoxy) is 5. The zero-order valence-corrected chi connectivity index (χ0v) is 22.9. The molecule has 0 unspecified atom stereocenters. The molecule has 0 saturated heterocycles. The van der Waals surface area contributed by atoms with Gasteiger partial charge >= 0.3 is 0 Å². The van der Waals surface area contributed by atoms with Crippen molar-refractivity contribution in [1.29, 1.82) is 0 Å². The molecule has 2 N–H and O–H groups in total. The standard InChI is InChI=1S/C30H26F2N4O7/c1-39-10-11-40-23-15-21-24(26-25(23)41-12-13-42-26)27(34-16-33-21)43-22-7-6-19(14-20(22)32)36-29(38)30(8-9-30)28(37)35-18-4-2-17(31)3-5-18/h2-7,14-16H,8-13H2,1H3,(H,35,37)(H,36,38). The van der Waals surface area contributed by atoms with Crippen molar-refractivity contribution in [3.05, 3.63) is 66.5 Å². The first-order valence-electron chi connectivity index (χ1n) is 13.4. The Balaban J connectivity index is 1.20. The molecular weight excluding hydrogens is 566 g/mol. The average Bonchev–Trinajstić information content (AvgIpc) is 3.82. The van der Waals surface area contributed by atoms with Crippen LogP contribution in [0.2, 0.25) is 0 Å². The van der Waals surface area contributed by atoms with E-state index in [0.717, 1.165) is 6.07 Å². The molecule has 43 heavy (non-hydrogen) atoms. The van der Waals surface area contributed by atoms with Gasteiger partial charge in [0.2, 0.25) is 23.4 Å². The van der Waals surface area contributed by atoms with Crippen molar-refractivity contribution < 1.29 is 42.1 Å². The molecule has 0 radical (unpaired) electrons. The van der Waals surface area contributed by atoms with Crippen LogP contribution in [-0.2, 0) is 14.3 Å². The van der Waals surface area contributed by atoms with Crippen LogP contribution in [-0.4, -0.2) is 55.3 Å². The van der Waals surface area contributed by atoms with Crippen molar-refractivity contribution in [2.45, 2.75) is 12.8 Å². The van der Waals surface area contributed by atoms with Crippen LogP contribution >= 0.6 is 0 Å². The number of aromatic nitrogens is 2. The van der Waals surface area contributed by atoms with Gasteiger partial charge in [-0.15, -0.1) is 0 Å². The van der Waals surface area contributed by atoms with Gasteiger partial charge in [0.15, 0.2) is 23.1 Å². The molecule has 3 aromatic carbocycles. The molecule has 0 bridgehead atoms. The first-order chi connectivity index (χ1) is 20.9. The molecule has 222 valence electrons. The number of rotatable bonds is 10. The molecule has 2 aliphatic rings. The van der Waals surface area contributed by atoms with Crippen LogP contribution in [0.3, 0.4) is 0 Å². The number of halogens is 2. The molecule has 0 atom stereocenters. The number of carbonyl (C=O) groups is 2. The highest BCUT2D eigenvalue weighted by atomic mass is 19.1. The van der Waals surface area contributed by atoms with Gasteiger partial charge in [0, 0.05) is 30.6 Å². The highest BCUT2D eigenvalue weighted by molar-refractivity contribution is 6.16. The van der Waals surface area contributed by atoms with Crippen LogP contribution in [0.5, 0.6) is 28.9 Å². The highest BCUT2D eigenvalue weighted by Gasteiger charge is 2.56. The molecule has 1 aromatic heterocycles. The van der Waals surface area contributed by atoms with Crippen molar-refractivity contribution in [2.24, 2.45) is 5.41 Å². The van der Waals surface area contributed by atoms with E-state index < -0.39 is 28.9 Å². The van der Waals surface area contributed by atoms with Crippen LogP contribution < -0.4 is 29.6 Å². The normalized spacial score (nSPS) is 14.6. The van der Waals surface area contributed by atoms with E-state index in [1.807, 2.05) is 0 Å². The third-order valence-electron chi connectivity index (χ3n) is 7.01. The van der Waals surface area contributed by atoms with Gasteiger partial charge < -0.3 is 34.3 Å². The summed E-state index contributed by atoms with van der Waals surface area (Å²) in [6.07, 6.45) is 1.92. The second-order valence-electron chi connectivity index (χ2n) is 9.89. The molecule has 2 heterocycles. The molecule has 6 rings (SSSR count). The first-order valence-corrected chi connectivity index (χ1v) is 13.4. The fraction of sp³-hybridized carbons (Fsp3) is 0.267. The molecule has 11 nitrogen and oxygen atoms in total. The number of benzene rings is 3. The summed E-state index contributed by atoms with van der Waals surface area (Å²) in [5, 5.41) is 5.61. The maximum atomic E-state index is 15.2. The van der Waals surface area contributed by atoms with E-state index in [1.54, 1.807) is 13.2 Å². The second kappa shape index (κ2) is 11.7. The lowest BCUT2D eigenvalue weighted by atomic mass is 10.0. The molecule has 0 spiro atoms. The summed E-state index contributed by atoms with van der Waals surface area (Å²) < 4.78 is 56.8. The number of nitrogens with zero attached hydrogens (tertiary/aromatic N) is 2. The van der Waals surface area contributed by atoms with Crippen molar-refractivity contribution in [3.8, 4) is 28.9 Å². The minimum absolute atomic E-state index is 0.0280. The summed E-state index contributed by atoms with van der Waals surface area (Å²) in [5.41, 5.74) is -0.370. The Morgan fingerprint density at radius 3 is 2.28 bits per heavy atom. The van der Waals surface area contributed by atoms with Gasteiger partial charge in [-0.05, 0) is 49.2 Å². The molecule has 13 heteroatoms. The van der Waals surface area contributed by atoms with Gasteiger partial charge in [0.25, 0.3) is 0 Å². The summed E-state index contributed by atoms with van der Waals surface area (Å²) in [6.45, 7) is 1.22. The first kappa shape index (κ1) is 28.1. The monoisotopic (exact) mass is 592 g/mol. The Bertz CT molecular complexity index is 1700. The van der Waals surface area contributed by atoms with Crippen LogP contribution in [0.4, 0.5) is 20.2 Å². The van der Waals surface area contributed by atoms with Crippen molar-refractivity contribution >= 4 is 34.1 Å².